The second-order valence-electron chi connectivity index (χ2n) is 21.1. The molecule has 5 nitrogen and oxygen atoms in total. The van der Waals surface area contributed by atoms with E-state index in [9.17, 15) is 14.7 Å². The lowest BCUT2D eigenvalue weighted by atomic mass is 10.0. The quantitative estimate of drug-likeness (QED) is 0.0373. The molecule has 0 fully saturated rings. The Morgan fingerprint density at radius 3 is 0.855 bits per heavy atom. The average Bonchev–Trinajstić information content (AvgIpc) is 3.42. The molecule has 0 aromatic rings. The van der Waals surface area contributed by atoms with Gasteiger partial charge in [-0.25, -0.2) is 0 Å². The van der Waals surface area contributed by atoms with Gasteiger partial charge in [-0.05, 0) is 109 Å². The predicted octanol–water partition coefficient (Wildman–Crippen LogP) is 22.2. The maximum absolute atomic E-state index is 12.3. The molecule has 0 aliphatic heterocycles. The molecule has 76 heavy (non-hydrogen) atoms. The van der Waals surface area contributed by atoms with Gasteiger partial charge in [-0.1, -0.05) is 296 Å². The zero-order valence-electron chi connectivity index (χ0n) is 49.7. The lowest BCUT2D eigenvalue weighted by Gasteiger charge is -2.15. The van der Waals surface area contributed by atoms with Gasteiger partial charge in [0.2, 0.25) is 0 Å². The molecule has 0 aliphatic carbocycles. The Bertz CT molecular complexity index is 1520. The summed E-state index contributed by atoms with van der Waals surface area (Å²) in [6.07, 6.45) is 96.2. The number of allylic oxidation sites excluding steroid dienone is 20. The lowest BCUT2D eigenvalue weighted by molar-refractivity contribution is -0.161. The molecule has 0 saturated heterocycles. The number of rotatable bonds is 58. The van der Waals surface area contributed by atoms with Crippen molar-refractivity contribution in [3.63, 3.8) is 0 Å². The summed E-state index contributed by atoms with van der Waals surface area (Å²) in [6.45, 7) is 4.03. The highest BCUT2D eigenvalue weighted by Gasteiger charge is 2.16. The van der Waals surface area contributed by atoms with Crippen molar-refractivity contribution < 1.29 is 24.2 Å². The highest BCUT2D eigenvalue weighted by molar-refractivity contribution is 5.70. The summed E-state index contributed by atoms with van der Waals surface area (Å²) >= 11 is 0. The Labute approximate surface area is 471 Å². The molecule has 0 rings (SSSR count). The Morgan fingerprint density at radius 2 is 0.566 bits per heavy atom. The van der Waals surface area contributed by atoms with Gasteiger partial charge in [0.25, 0.3) is 0 Å². The third kappa shape index (κ3) is 62.8. The van der Waals surface area contributed by atoms with Gasteiger partial charge >= 0.3 is 11.9 Å². The fourth-order valence-electron chi connectivity index (χ4n) is 8.96. The van der Waals surface area contributed by atoms with Crippen molar-refractivity contribution in [2.75, 3.05) is 13.2 Å². The van der Waals surface area contributed by atoms with Crippen LogP contribution in [-0.2, 0) is 19.1 Å². The van der Waals surface area contributed by atoms with Crippen LogP contribution < -0.4 is 0 Å². The van der Waals surface area contributed by atoms with E-state index >= 15 is 0 Å². The fraction of sp³-hybridized carbons (Fsp3) is 0.690. The van der Waals surface area contributed by atoms with E-state index in [-0.39, 0.29) is 25.2 Å². The summed E-state index contributed by atoms with van der Waals surface area (Å²) in [7, 11) is 0. The predicted molar refractivity (Wildman–Crippen MR) is 334 cm³/mol. The minimum Gasteiger partial charge on any atom is -0.462 e. The molecule has 0 aromatic heterocycles. The number of unbranched alkanes of at least 4 members (excludes halogenated alkanes) is 30. The number of aliphatic hydroxyl groups excluding tert-OH is 1. The highest BCUT2D eigenvalue weighted by atomic mass is 16.6. The van der Waals surface area contributed by atoms with Crippen molar-refractivity contribution in [2.24, 2.45) is 0 Å². The molecule has 1 unspecified atom stereocenters. The number of hydrogen-bond donors (Lipinski definition) is 1. The molecular formula is C71H120O5. The van der Waals surface area contributed by atoms with Crippen LogP contribution in [0.3, 0.4) is 0 Å². The zero-order valence-corrected chi connectivity index (χ0v) is 49.7. The highest BCUT2D eigenvalue weighted by Crippen LogP contribution is 2.16. The molecule has 0 bridgehead atoms. The SMILES string of the molecule is CC/C=C\C/C=C\C/C=C\C/C=C\C/C=C\C/C=C\C/C=C\CCCCCCCCCCCCCCCCCC(=O)OC(CO)COC(=O)CCCCCCCCCCCC/C=C\C/C=C\C/C=C\CCCCCCC. The number of hydrogen-bond acceptors (Lipinski definition) is 5. The molecule has 0 heterocycles. The molecule has 5 heteroatoms. The third-order valence-electron chi connectivity index (χ3n) is 13.7. The summed E-state index contributed by atoms with van der Waals surface area (Å²) in [5.74, 6) is -0.592. The summed E-state index contributed by atoms with van der Waals surface area (Å²) in [5, 5.41) is 9.68. The Balaban J connectivity index is 3.51. The van der Waals surface area contributed by atoms with Gasteiger partial charge in [0, 0.05) is 12.8 Å². The average molecular weight is 1050 g/mol. The maximum atomic E-state index is 12.3. The number of aliphatic hydroxyl groups is 1. The van der Waals surface area contributed by atoms with Gasteiger partial charge in [-0.3, -0.25) is 9.59 Å². The molecule has 0 aliphatic rings. The van der Waals surface area contributed by atoms with E-state index in [0.717, 1.165) is 96.3 Å². The zero-order chi connectivity index (χ0) is 54.8. The first-order valence-corrected chi connectivity index (χ1v) is 32.1. The Morgan fingerprint density at radius 1 is 0.316 bits per heavy atom. The van der Waals surface area contributed by atoms with E-state index in [1.807, 2.05) is 0 Å². The second kappa shape index (κ2) is 65.6. The Kier molecular flexibility index (Phi) is 62.4. The van der Waals surface area contributed by atoms with Crippen molar-refractivity contribution in [3.8, 4) is 0 Å². The van der Waals surface area contributed by atoms with E-state index < -0.39 is 6.10 Å². The molecule has 0 saturated carbocycles. The molecule has 0 amide bonds. The van der Waals surface area contributed by atoms with Crippen LogP contribution in [0.5, 0.6) is 0 Å². The number of ether oxygens (including phenoxy) is 2. The van der Waals surface area contributed by atoms with Crippen LogP contribution in [0.1, 0.15) is 296 Å². The van der Waals surface area contributed by atoms with Gasteiger partial charge in [-0.2, -0.15) is 0 Å². The van der Waals surface area contributed by atoms with Gasteiger partial charge in [0.05, 0.1) is 6.61 Å². The van der Waals surface area contributed by atoms with Crippen molar-refractivity contribution in [1.82, 2.24) is 0 Å². The minimum absolute atomic E-state index is 0.0715. The van der Waals surface area contributed by atoms with Crippen molar-refractivity contribution in [3.05, 3.63) is 122 Å². The maximum Gasteiger partial charge on any atom is 0.306 e. The van der Waals surface area contributed by atoms with Crippen LogP contribution >= 0.6 is 0 Å². The lowest BCUT2D eigenvalue weighted by Crippen LogP contribution is -2.28. The number of carbonyl (C=O) groups excluding carboxylic acids is 2. The van der Waals surface area contributed by atoms with E-state index in [1.54, 1.807) is 0 Å². The topological polar surface area (TPSA) is 72.8 Å². The van der Waals surface area contributed by atoms with Gasteiger partial charge in [0.1, 0.15) is 6.61 Å². The number of esters is 2. The van der Waals surface area contributed by atoms with Crippen LogP contribution in [0.4, 0.5) is 0 Å². The largest absolute Gasteiger partial charge is 0.462 e. The molecule has 0 spiro atoms. The van der Waals surface area contributed by atoms with E-state index in [0.29, 0.717) is 12.8 Å². The van der Waals surface area contributed by atoms with E-state index in [4.69, 9.17) is 9.47 Å². The van der Waals surface area contributed by atoms with Crippen molar-refractivity contribution in [1.29, 1.82) is 0 Å². The first-order chi connectivity index (χ1) is 37.6. The Hall–Kier alpha value is -3.70. The van der Waals surface area contributed by atoms with Crippen LogP contribution in [0.15, 0.2) is 122 Å². The van der Waals surface area contributed by atoms with Gasteiger partial charge < -0.3 is 14.6 Å². The smallest absolute Gasteiger partial charge is 0.306 e. The summed E-state index contributed by atoms with van der Waals surface area (Å²) < 4.78 is 10.7. The van der Waals surface area contributed by atoms with Crippen LogP contribution in [0, 0.1) is 0 Å². The van der Waals surface area contributed by atoms with Crippen LogP contribution in [0.25, 0.3) is 0 Å². The van der Waals surface area contributed by atoms with Gasteiger partial charge in [0.15, 0.2) is 6.10 Å². The number of carbonyl (C=O) groups is 2. The van der Waals surface area contributed by atoms with Crippen molar-refractivity contribution >= 4 is 11.9 Å². The second-order valence-corrected chi connectivity index (χ2v) is 21.1. The monoisotopic (exact) mass is 1050 g/mol. The molecule has 1 atom stereocenters. The minimum atomic E-state index is -0.781. The van der Waals surface area contributed by atoms with E-state index in [2.05, 4.69) is 135 Å². The standard InChI is InChI=1S/C71H120O5/c1-3-5-7-9-11-13-15-17-19-21-23-25-27-29-30-31-32-33-34-35-36-37-38-39-40-42-44-46-48-50-52-54-56-58-60-62-64-66-71(74)76-69(67-72)68-75-70(73)65-63-61-59-57-55-53-51-49-47-45-43-41-28-26-24-22-20-18-16-14-12-10-8-6-4-2/h5,7,11,13,16-19,22-25,28-30,32-33,35-36,41,69,72H,3-4,6,8-10,12,14-15,20-21,26-27,31,34,37-40,42-68H2,1-2H3/b7-5-,13-11-,18-16-,19-17-,24-22-,25-23-,30-29-,33-32-,36-35-,41-28-. The first-order valence-electron chi connectivity index (χ1n) is 32.1. The third-order valence-corrected chi connectivity index (χ3v) is 13.7. The molecule has 1 N–H and O–H groups in total. The van der Waals surface area contributed by atoms with Gasteiger partial charge in [-0.15, -0.1) is 0 Å². The molecule has 0 aromatic carbocycles. The van der Waals surface area contributed by atoms with Crippen LogP contribution in [-0.4, -0.2) is 36.4 Å². The van der Waals surface area contributed by atoms with E-state index in [1.165, 1.54) is 173 Å². The fourth-order valence-corrected chi connectivity index (χ4v) is 8.96. The summed E-state index contributed by atoms with van der Waals surface area (Å²) in [6, 6.07) is 0. The van der Waals surface area contributed by atoms with Crippen molar-refractivity contribution in [2.45, 2.75) is 302 Å². The normalized spacial score (nSPS) is 13.0. The van der Waals surface area contributed by atoms with Crippen LogP contribution in [0.2, 0.25) is 0 Å². The molecule has 0 radical (unpaired) electrons. The summed E-state index contributed by atoms with van der Waals surface area (Å²) in [4.78, 5) is 24.6. The molecular weight excluding hydrogens is 933 g/mol. The molecule has 434 valence electrons. The first kappa shape index (κ1) is 72.3. The summed E-state index contributed by atoms with van der Waals surface area (Å²) in [5.41, 5.74) is 0.